The molecule has 0 radical (unpaired) electrons. The highest BCUT2D eigenvalue weighted by Gasteiger charge is 2.22. The van der Waals surface area contributed by atoms with Gasteiger partial charge in [0.1, 0.15) is 11.5 Å². The first-order valence-corrected chi connectivity index (χ1v) is 8.53. The number of carboxylic acid groups (broad SMARTS) is 1. The van der Waals surface area contributed by atoms with Crippen LogP contribution >= 0.6 is 0 Å². The van der Waals surface area contributed by atoms with Crippen molar-refractivity contribution in [3.05, 3.63) is 40.8 Å². The Labute approximate surface area is 139 Å². The Kier molecular flexibility index (Phi) is 5.25. The van der Waals surface area contributed by atoms with Crippen LogP contribution in [0.1, 0.15) is 22.6 Å². The quantitative estimate of drug-likeness (QED) is 0.771. The van der Waals surface area contributed by atoms with E-state index in [0.717, 1.165) is 0 Å². The molecule has 1 aromatic carbocycles. The van der Waals surface area contributed by atoms with E-state index in [-0.39, 0.29) is 17.0 Å². The summed E-state index contributed by atoms with van der Waals surface area (Å²) in [5.41, 5.74) is 1.38. The lowest BCUT2D eigenvalue weighted by Crippen LogP contribution is -2.25. The molecule has 2 N–H and O–H groups in total. The fourth-order valence-corrected chi connectivity index (χ4v) is 3.46. The van der Waals surface area contributed by atoms with Gasteiger partial charge in [-0.1, -0.05) is 5.16 Å². The van der Waals surface area contributed by atoms with Crippen molar-refractivity contribution in [1.82, 2.24) is 9.88 Å². The van der Waals surface area contributed by atoms with Crippen LogP contribution in [0.4, 0.5) is 0 Å². The first-order chi connectivity index (χ1) is 11.2. The van der Waals surface area contributed by atoms with Crippen LogP contribution in [0.15, 0.2) is 27.6 Å². The predicted molar refractivity (Wildman–Crippen MR) is 84.3 cm³/mol. The lowest BCUT2D eigenvalue weighted by molar-refractivity contribution is -0.136. The van der Waals surface area contributed by atoms with Gasteiger partial charge in [0.05, 0.1) is 24.1 Å². The van der Waals surface area contributed by atoms with Crippen molar-refractivity contribution in [3.63, 3.8) is 0 Å². The number of sulfonamides is 1. The van der Waals surface area contributed by atoms with E-state index < -0.39 is 22.4 Å². The van der Waals surface area contributed by atoms with Gasteiger partial charge in [-0.05, 0) is 37.6 Å². The fourth-order valence-electron chi connectivity index (χ4n) is 2.25. The van der Waals surface area contributed by atoms with E-state index in [2.05, 4.69) is 9.88 Å². The number of nitrogens with zero attached hydrogens (tertiary/aromatic N) is 1. The highest BCUT2D eigenvalue weighted by molar-refractivity contribution is 7.89. The van der Waals surface area contributed by atoms with Crippen molar-refractivity contribution in [2.75, 3.05) is 7.11 Å². The topological polar surface area (TPSA) is 119 Å². The van der Waals surface area contributed by atoms with Gasteiger partial charge >= 0.3 is 5.97 Å². The molecule has 1 heterocycles. The minimum Gasteiger partial charge on any atom is -0.497 e. The number of hydrogen-bond donors (Lipinski definition) is 2. The molecule has 8 nitrogen and oxygen atoms in total. The molecule has 0 fully saturated rings. The van der Waals surface area contributed by atoms with Crippen molar-refractivity contribution >= 4 is 16.0 Å². The van der Waals surface area contributed by atoms with Gasteiger partial charge in [-0.15, -0.1) is 0 Å². The number of benzene rings is 1. The van der Waals surface area contributed by atoms with E-state index in [1.54, 1.807) is 13.8 Å². The number of methoxy groups -OCH3 is 1. The maximum atomic E-state index is 12.6. The van der Waals surface area contributed by atoms with Crippen LogP contribution in [0.2, 0.25) is 0 Å². The van der Waals surface area contributed by atoms with E-state index in [1.165, 1.54) is 25.3 Å². The van der Waals surface area contributed by atoms with Gasteiger partial charge in [-0.2, -0.15) is 0 Å². The first-order valence-electron chi connectivity index (χ1n) is 7.04. The van der Waals surface area contributed by atoms with Crippen LogP contribution in [0.5, 0.6) is 5.75 Å². The summed E-state index contributed by atoms with van der Waals surface area (Å²) in [5, 5.41) is 12.8. The van der Waals surface area contributed by atoms with Crippen molar-refractivity contribution in [2.45, 2.75) is 31.7 Å². The van der Waals surface area contributed by atoms with Gasteiger partial charge in [-0.25, -0.2) is 13.1 Å². The van der Waals surface area contributed by atoms with Crippen LogP contribution in [0.3, 0.4) is 0 Å². The molecule has 130 valence electrons. The summed E-state index contributed by atoms with van der Waals surface area (Å²) in [6, 6.07) is 4.20. The molecule has 0 aliphatic rings. The molecule has 0 spiro atoms. The molecule has 0 unspecified atom stereocenters. The molecular weight excluding hydrogens is 336 g/mol. The molecule has 1 aromatic heterocycles. The normalized spacial score (nSPS) is 11.5. The van der Waals surface area contributed by atoms with Gasteiger partial charge in [-0.3, -0.25) is 4.79 Å². The average molecular weight is 354 g/mol. The molecular formula is C15H18N2O6S. The second-order valence-electron chi connectivity index (χ2n) is 5.17. The van der Waals surface area contributed by atoms with E-state index in [0.29, 0.717) is 22.8 Å². The van der Waals surface area contributed by atoms with Crippen molar-refractivity contribution in [1.29, 1.82) is 0 Å². The number of aliphatic carboxylic acids is 1. The summed E-state index contributed by atoms with van der Waals surface area (Å²) in [4.78, 5) is 10.9. The van der Waals surface area contributed by atoms with Gasteiger partial charge < -0.3 is 14.4 Å². The zero-order chi connectivity index (χ0) is 17.9. The van der Waals surface area contributed by atoms with Crippen molar-refractivity contribution < 1.29 is 27.6 Å². The Morgan fingerprint density at radius 2 is 2.08 bits per heavy atom. The lowest BCUT2D eigenvalue weighted by Gasteiger charge is -2.12. The molecule has 0 aliphatic carbocycles. The number of carbonyl (C=O) groups is 1. The zero-order valence-electron chi connectivity index (χ0n) is 13.5. The van der Waals surface area contributed by atoms with Gasteiger partial charge in [0.2, 0.25) is 10.0 Å². The highest BCUT2D eigenvalue weighted by Crippen LogP contribution is 2.23. The molecule has 2 rings (SSSR count). The van der Waals surface area contributed by atoms with Crippen LogP contribution in [-0.2, 0) is 27.8 Å². The molecule has 0 aliphatic heterocycles. The summed E-state index contributed by atoms with van der Waals surface area (Å²) in [7, 11) is -2.49. The Hall–Kier alpha value is -2.39. The number of aryl methyl sites for hydroxylation is 2. The average Bonchev–Trinajstić information content (AvgIpc) is 2.83. The molecule has 0 saturated heterocycles. The number of hydrogen-bond acceptors (Lipinski definition) is 6. The van der Waals surface area contributed by atoms with Gasteiger partial charge in [0, 0.05) is 12.1 Å². The fraction of sp³-hybridized carbons (Fsp3) is 0.333. The van der Waals surface area contributed by atoms with Crippen LogP contribution in [-0.4, -0.2) is 31.8 Å². The van der Waals surface area contributed by atoms with Crippen molar-refractivity contribution in [2.24, 2.45) is 0 Å². The van der Waals surface area contributed by atoms with Gasteiger partial charge in [0.15, 0.2) is 0 Å². The molecule has 0 saturated carbocycles. The number of ether oxygens (including phenoxy) is 1. The smallest absolute Gasteiger partial charge is 0.307 e. The number of aromatic nitrogens is 1. The molecule has 2 aromatic rings. The Bertz CT molecular complexity index is 837. The van der Waals surface area contributed by atoms with Gasteiger partial charge in [0.25, 0.3) is 0 Å². The number of nitrogens with one attached hydrogen (secondary N) is 1. The molecule has 24 heavy (non-hydrogen) atoms. The predicted octanol–water partition coefficient (Wildman–Crippen LogP) is 1.41. The van der Waals surface area contributed by atoms with Crippen LogP contribution < -0.4 is 9.46 Å². The largest absolute Gasteiger partial charge is 0.497 e. The van der Waals surface area contributed by atoms with E-state index in [9.17, 15) is 13.2 Å². The number of rotatable bonds is 7. The molecule has 0 atom stereocenters. The Morgan fingerprint density at radius 3 is 2.62 bits per heavy atom. The lowest BCUT2D eigenvalue weighted by atomic mass is 10.1. The molecule has 0 amide bonds. The maximum Gasteiger partial charge on any atom is 0.307 e. The van der Waals surface area contributed by atoms with Crippen molar-refractivity contribution in [3.8, 4) is 5.75 Å². The third-order valence-corrected chi connectivity index (χ3v) is 5.02. The second-order valence-corrected chi connectivity index (χ2v) is 6.91. The van der Waals surface area contributed by atoms with E-state index in [4.69, 9.17) is 14.4 Å². The molecule has 0 bridgehead atoms. The third kappa shape index (κ3) is 3.92. The summed E-state index contributed by atoms with van der Waals surface area (Å²) < 4.78 is 37.6. The second kappa shape index (κ2) is 7.02. The van der Waals surface area contributed by atoms with Crippen LogP contribution in [0, 0.1) is 13.8 Å². The minimum absolute atomic E-state index is 0.00202. The van der Waals surface area contributed by atoms with E-state index >= 15 is 0 Å². The summed E-state index contributed by atoms with van der Waals surface area (Å²) >= 11 is 0. The first kappa shape index (κ1) is 18.0. The molecule has 9 heteroatoms. The minimum atomic E-state index is -3.91. The summed E-state index contributed by atoms with van der Waals surface area (Å²) in [6.07, 6.45) is -0.432. The third-order valence-electron chi connectivity index (χ3n) is 3.52. The maximum absolute atomic E-state index is 12.6. The van der Waals surface area contributed by atoms with E-state index in [1.807, 2.05) is 0 Å². The zero-order valence-corrected chi connectivity index (χ0v) is 14.3. The standard InChI is InChI=1S/C15H18N2O6S/c1-9-13(10(2)23-17-9)8-16-24(20,21)14-5-4-12(22-3)6-11(14)7-15(18)19/h4-6,16H,7-8H2,1-3H3,(H,18,19). The monoisotopic (exact) mass is 354 g/mol. The Balaban J connectivity index is 2.32. The van der Waals surface area contributed by atoms with Crippen LogP contribution in [0.25, 0.3) is 0 Å². The SMILES string of the molecule is COc1ccc(S(=O)(=O)NCc2c(C)noc2C)c(CC(=O)O)c1. The number of carboxylic acids is 1. The Morgan fingerprint density at radius 1 is 1.38 bits per heavy atom. The summed E-state index contributed by atoms with van der Waals surface area (Å²) in [5.74, 6) is -0.225. The summed E-state index contributed by atoms with van der Waals surface area (Å²) in [6.45, 7) is 3.40. The highest BCUT2D eigenvalue weighted by atomic mass is 32.2.